The van der Waals surface area contributed by atoms with E-state index in [1.54, 1.807) is 24.9 Å². The molecule has 5 rings (SSSR count). The van der Waals surface area contributed by atoms with Gasteiger partial charge in [0.2, 0.25) is 5.91 Å². The number of methoxy groups -OCH3 is 1. The third-order valence-corrected chi connectivity index (χ3v) is 8.47. The van der Waals surface area contributed by atoms with Crippen LogP contribution < -0.4 is 15.6 Å². The van der Waals surface area contributed by atoms with Gasteiger partial charge in [0, 0.05) is 27.9 Å². The summed E-state index contributed by atoms with van der Waals surface area (Å²) in [5.41, 5.74) is 10.2. The molecule has 0 spiro atoms. The summed E-state index contributed by atoms with van der Waals surface area (Å²) in [6, 6.07) is 19.0. The number of aromatic hydroxyl groups is 1. The molecule has 0 aliphatic carbocycles. The van der Waals surface area contributed by atoms with Crippen LogP contribution in [0.25, 0.3) is 0 Å². The van der Waals surface area contributed by atoms with E-state index in [1.165, 1.54) is 4.90 Å². The number of phenols is 1. The van der Waals surface area contributed by atoms with Gasteiger partial charge in [-0.05, 0) is 72.7 Å². The van der Waals surface area contributed by atoms with Crippen LogP contribution in [0.4, 0.5) is 0 Å². The molecule has 2 aliphatic rings. The van der Waals surface area contributed by atoms with Gasteiger partial charge in [0.1, 0.15) is 17.5 Å². The van der Waals surface area contributed by atoms with E-state index in [2.05, 4.69) is 41.4 Å². The Balaban J connectivity index is 1.50. The first-order chi connectivity index (χ1) is 17.4. The van der Waals surface area contributed by atoms with Gasteiger partial charge in [-0.3, -0.25) is 4.79 Å². The number of ether oxygens (including phenoxy) is 1. The molecule has 3 N–H and O–H groups in total. The van der Waals surface area contributed by atoms with Crippen molar-refractivity contribution >= 4 is 29.3 Å². The molecule has 2 aliphatic heterocycles. The Hall–Kier alpha value is -2.71. The SMILES string of the molecule is COc1ccc(CCN2C(=O)C3NNC(c4cc(Cl)c(C)cc4O)C3C2c2ccc(SC)cc2)cc1. The predicted molar refractivity (Wildman–Crippen MR) is 144 cm³/mol. The third kappa shape index (κ3) is 4.57. The van der Waals surface area contributed by atoms with Gasteiger partial charge in [0.25, 0.3) is 0 Å². The van der Waals surface area contributed by atoms with Crippen molar-refractivity contribution in [3.63, 3.8) is 0 Å². The Bertz CT molecular complexity index is 1250. The highest BCUT2D eigenvalue weighted by Gasteiger charge is 2.55. The van der Waals surface area contributed by atoms with Crippen molar-refractivity contribution in [3.8, 4) is 11.5 Å². The van der Waals surface area contributed by atoms with E-state index in [0.717, 1.165) is 28.9 Å². The smallest absolute Gasteiger partial charge is 0.242 e. The van der Waals surface area contributed by atoms with Crippen LogP contribution in [0, 0.1) is 12.8 Å². The number of carbonyl (C=O) groups excluding carboxylic acids is 1. The number of halogens is 1. The molecule has 188 valence electrons. The lowest BCUT2D eigenvalue weighted by atomic mass is 9.83. The number of hydrazine groups is 1. The zero-order chi connectivity index (χ0) is 25.4. The molecule has 2 heterocycles. The van der Waals surface area contributed by atoms with E-state index in [9.17, 15) is 9.90 Å². The van der Waals surface area contributed by atoms with Gasteiger partial charge in [-0.15, -0.1) is 11.8 Å². The summed E-state index contributed by atoms with van der Waals surface area (Å²) in [5, 5.41) is 11.4. The summed E-state index contributed by atoms with van der Waals surface area (Å²) in [5.74, 6) is 0.919. The first-order valence-corrected chi connectivity index (χ1v) is 13.6. The monoisotopic (exact) mass is 523 g/mol. The Morgan fingerprint density at radius 2 is 1.75 bits per heavy atom. The topological polar surface area (TPSA) is 73.8 Å². The highest BCUT2D eigenvalue weighted by atomic mass is 35.5. The number of benzene rings is 3. The standard InChI is InChI=1S/C28H30ClN3O3S/c1-16-14-23(33)21(15-22(16)29)25-24-26(31-30-25)28(34)32(13-12-17-4-8-19(35-2)9-5-17)27(24)18-6-10-20(36-3)11-7-18/h4-11,14-15,24-27,30-31,33H,12-13H2,1-3H3. The van der Waals surface area contributed by atoms with Crippen molar-refractivity contribution in [2.75, 3.05) is 19.9 Å². The lowest BCUT2D eigenvalue weighted by molar-refractivity contribution is -0.130. The largest absolute Gasteiger partial charge is 0.508 e. The van der Waals surface area contributed by atoms with E-state index in [1.807, 2.05) is 42.2 Å². The molecule has 4 atom stereocenters. The van der Waals surface area contributed by atoms with Crippen molar-refractivity contribution in [3.05, 3.63) is 87.9 Å². The van der Waals surface area contributed by atoms with Gasteiger partial charge < -0.3 is 14.7 Å². The number of phenolic OH excluding ortho intramolecular Hbond substituents is 1. The maximum Gasteiger partial charge on any atom is 0.242 e. The fraction of sp³-hybridized carbons (Fsp3) is 0.321. The molecule has 0 saturated carbocycles. The van der Waals surface area contributed by atoms with Crippen LogP contribution in [-0.4, -0.2) is 41.9 Å². The van der Waals surface area contributed by atoms with E-state index in [4.69, 9.17) is 16.3 Å². The van der Waals surface area contributed by atoms with Crippen LogP contribution in [0.3, 0.4) is 0 Å². The second-order valence-electron chi connectivity index (χ2n) is 9.33. The number of hydrogen-bond donors (Lipinski definition) is 3. The summed E-state index contributed by atoms with van der Waals surface area (Å²) < 4.78 is 5.28. The van der Waals surface area contributed by atoms with E-state index in [0.29, 0.717) is 17.1 Å². The highest BCUT2D eigenvalue weighted by molar-refractivity contribution is 7.98. The predicted octanol–water partition coefficient (Wildman–Crippen LogP) is 5.04. The van der Waals surface area contributed by atoms with Gasteiger partial charge in [0.05, 0.1) is 19.2 Å². The average Bonchev–Trinajstić information content (AvgIpc) is 3.44. The molecule has 0 radical (unpaired) electrons. The van der Waals surface area contributed by atoms with Crippen molar-refractivity contribution in [1.29, 1.82) is 0 Å². The van der Waals surface area contributed by atoms with Crippen LogP contribution in [0.2, 0.25) is 5.02 Å². The zero-order valence-corrected chi connectivity index (χ0v) is 22.1. The molecular weight excluding hydrogens is 494 g/mol. The molecular formula is C28H30ClN3O3S. The number of rotatable bonds is 7. The van der Waals surface area contributed by atoms with Gasteiger partial charge in [0.15, 0.2) is 0 Å². The highest BCUT2D eigenvalue weighted by Crippen LogP contribution is 2.49. The van der Waals surface area contributed by atoms with Gasteiger partial charge in [-0.2, -0.15) is 0 Å². The third-order valence-electron chi connectivity index (χ3n) is 7.31. The molecule has 3 aromatic rings. The van der Waals surface area contributed by atoms with Gasteiger partial charge in [-0.1, -0.05) is 35.9 Å². The molecule has 3 aromatic carbocycles. The summed E-state index contributed by atoms with van der Waals surface area (Å²) in [7, 11) is 1.65. The quantitative estimate of drug-likeness (QED) is 0.377. The number of fused-ring (bicyclic) bond motifs is 1. The minimum Gasteiger partial charge on any atom is -0.508 e. The normalized spacial score (nSPS) is 23.2. The van der Waals surface area contributed by atoms with E-state index >= 15 is 0 Å². The second-order valence-corrected chi connectivity index (χ2v) is 10.6. The Morgan fingerprint density at radius 1 is 1.06 bits per heavy atom. The molecule has 0 aromatic heterocycles. The first kappa shape index (κ1) is 25.0. The summed E-state index contributed by atoms with van der Waals surface area (Å²) in [6.45, 7) is 2.45. The van der Waals surface area contributed by atoms with Crippen LogP contribution in [-0.2, 0) is 11.2 Å². The number of hydrogen-bond acceptors (Lipinski definition) is 6. The minimum absolute atomic E-state index is 0.0557. The first-order valence-electron chi connectivity index (χ1n) is 12.0. The van der Waals surface area contributed by atoms with E-state index in [-0.39, 0.29) is 29.7 Å². The molecule has 8 heteroatoms. The van der Waals surface area contributed by atoms with E-state index < -0.39 is 6.04 Å². The van der Waals surface area contributed by atoms with Crippen molar-refractivity contribution < 1.29 is 14.6 Å². The molecule has 1 amide bonds. The fourth-order valence-electron chi connectivity index (χ4n) is 5.39. The number of nitrogens with zero attached hydrogens (tertiary/aromatic N) is 1. The number of aryl methyl sites for hydroxylation is 1. The van der Waals surface area contributed by atoms with Crippen molar-refractivity contribution in [2.24, 2.45) is 5.92 Å². The number of amides is 1. The maximum atomic E-state index is 13.7. The van der Waals surface area contributed by atoms with Crippen molar-refractivity contribution in [2.45, 2.75) is 36.4 Å². The summed E-state index contributed by atoms with van der Waals surface area (Å²) in [4.78, 5) is 16.9. The summed E-state index contributed by atoms with van der Waals surface area (Å²) in [6.07, 6.45) is 2.78. The molecule has 6 nitrogen and oxygen atoms in total. The Morgan fingerprint density at radius 3 is 2.42 bits per heavy atom. The molecule has 4 unspecified atom stereocenters. The Kier molecular flexibility index (Phi) is 7.17. The van der Waals surface area contributed by atoms with Crippen LogP contribution in [0.5, 0.6) is 11.5 Å². The zero-order valence-electron chi connectivity index (χ0n) is 20.5. The van der Waals surface area contributed by atoms with Crippen LogP contribution in [0.1, 0.15) is 34.3 Å². The minimum atomic E-state index is -0.407. The van der Waals surface area contributed by atoms with Crippen LogP contribution in [0.15, 0.2) is 65.6 Å². The molecule has 2 saturated heterocycles. The molecule has 36 heavy (non-hydrogen) atoms. The molecule has 2 fully saturated rings. The van der Waals surface area contributed by atoms with Crippen molar-refractivity contribution in [1.82, 2.24) is 15.8 Å². The summed E-state index contributed by atoms with van der Waals surface area (Å²) >= 11 is 8.13. The number of likely N-dealkylation sites (tertiary alicyclic amines) is 1. The van der Waals surface area contributed by atoms with Crippen LogP contribution >= 0.6 is 23.4 Å². The van der Waals surface area contributed by atoms with Gasteiger partial charge >= 0.3 is 0 Å². The lowest BCUT2D eigenvalue weighted by Gasteiger charge is -2.32. The Labute approximate surface area is 221 Å². The maximum absolute atomic E-state index is 13.7. The fourth-order valence-corrected chi connectivity index (χ4v) is 5.97. The molecule has 0 bridgehead atoms. The number of nitrogens with one attached hydrogen (secondary N) is 2. The van der Waals surface area contributed by atoms with Gasteiger partial charge in [-0.25, -0.2) is 10.9 Å². The number of thioether (sulfide) groups is 1. The number of carbonyl (C=O) groups is 1. The lowest BCUT2D eigenvalue weighted by Crippen LogP contribution is -2.42. The average molecular weight is 524 g/mol. The second kappa shape index (κ2) is 10.3.